The molecule has 5 aliphatic rings. The van der Waals surface area contributed by atoms with E-state index in [4.69, 9.17) is 45.6 Å². The molecule has 5 saturated heterocycles. The molecule has 9 rings (SSSR count). The molecule has 0 aliphatic carbocycles. The predicted molar refractivity (Wildman–Crippen MR) is 263 cm³/mol. The van der Waals surface area contributed by atoms with Gasteiger partial charge in [0.05, 0.1) is 70.4 Å². The van der Waals surface area contributed by atoms with Crippen LogP contribution in [0.15, 0.2) is 29.5 Å². The fraction of sp³-hybridized carbons (Fsp3) is 0.614. The Morgan fingerprint density at radius 2 is 1.04 bits per heavy atom. The molecule has 5 aliphatic heterocycles. The van der Waals surface area contributed by atoms with Crippen LogP contribution in [0.4, 0.5) is 53.0 Å². The van der Waals surface area contributed by atoms with Crippen molar-refractivity contribution in [3.05, 3.63) is 40.9 Å². The zero-order valence-electron chi connectivity index (χ0n) is 40.1. The molecule has 0 saturated carbocycles. The molecule has 2 N–H and O–H groups in total. The van der Waals surface area contributed by atoms with Crippen LogP contribution in [-0.4, -0.2) is 189 Å². The SMILES string of the molecule is C.CN(C)C=Nc1cc(C(F)F)c(B2OC(C)(C)C(C)(C)O2)cn1.Clc1nc(N2CCOCC2)nc(N2CCOCC2)n1.Nc1cc(C(F)F)c(-c2nc(N3CCOCC3)nc(N3CCOCC3)n2)cn1. The first-order valence-electron chi connectivity index (χ1n) is 22.8. The zero-order valence-corrected chi connectivity index (χ0v) is 40.9. The molecule has 0 unspecified atom stereocenters. The van der Waals surface area contributed by atoms with E-state index in [-0.39, 0.29) is 52.3 Å². The average Bonchev–Trinajstić information content (AvgIpc) is 3.59. The normalized spacial score (nSPS) is 19.0. The number of nitrogens with two attached hydrogens (primary N) is 1. The Labute approximate surface area is 416 Å². The second kappa shape index (κ2) is 24.8. The van der Waals surface area contributed by atoms with Crippen molar-refractivity contribution < 1.29 is 45.8 Å². The number of nitrogen functional groups attached to an aromatic ring is 1. The topological polar surface area (TPSA) is 213 Å². The van der Waals surface area contributed by atoms with Crippen molar-refractivity contribution >= 4 is 65.9 Å². The third-order valence-electron chi connectivity index (χ3n) is 11.9. The number of halogens is 5. The van der Waals surface area contributed by atoms with Gasteiger partial charge in [-0.1, -0.05) is 7.43 Å². The molecule has 0 spiro atoms. The molecule has 71 heavy (non-hydrogen) atoms. The van der Waals surface area contributed by atoms with E-state index in [9.17, 15) is 17.6 Å². The van der Waals surface area contributed by atoms with E-state index in [2.05, 4.69) is 54.7 Å². The number of aliphatic imine (C=N–C) groups is 1. The summed E-state index contributed by atoms with van der Waals surface area (Å²) >= 11 is 6.01. The highest BCUT2D eigenvalue weighted by Gasteiger charge is 2.52. The fourth-order valence-corrected chi connectivity index (χ4v) is 7.50. The minimum atomic E-state index is -2.73. The van der Waals surface area contributed by atoms with E-state index in [1.54, 1.807) is 19.0 Å². The Morgan fingerprint density at radius 1 is 0.634 bits per heavy atom. The maximum absolute atomic E-state index is 13.6. The molecular formula is C44H63BClF4N15O6. The number of morpholine rings is 4. The maximum atomic E-state index is 13.6. The molecule has 21 nitrogen and oxygen atoms in total. The molecule has 0 bridgehead atoms. The fourth-order valence-electron chi connectivity index (χ4n) is 7.35. The van der Waals surface area contributed by atoms with E-state index >= 15 is 0 Å². The van der Waals surface area contributed by atoms with Crippen molar-refractivity contribution in [2.24, 2.45) is 4.99 Å². The van der Waals surface area contributed by atoms with Gasteiger partial charge >= 0.3 is 7.12 Å². The van der Waals surface area contributed by atoms with E-state index < -0.39 is 31.2 Å². The molecule has 5 fully saturated rings. The van der Waals surface area contributed by atoms with Gasteiger partial charge in [0.1, 0.15) is 5.82 Å². The quantitative estimate of drug-likeness (QED) is 0.100. The van der Waals surface area contributed by atoms with Crippen LogP contribution in [0.1, 0.15) is 59.1 Å². The number of aromatic nitrogens is 8. The predicted octanol–water partition coefficient (Wildman–Crippen LogP) is 4.50. The van der Waals surface area contributed by atoms with Crippen molar-refractivity contribution in [2.45, 2.75) is 59.2 Å². The molecule has 0 aromatic carbocycles. The van der Waals surface area contributed by atoms with Gasteiger partial charge in [-0.2, -0.15) is 29.9 Å². The van der Waals surface area contributed by atoms with Crippen LogP contribution in [0.2, 0.25) is 5.28 Å². The Kier molecular flexibility index (Phi) is 19.2. The van der Waals surface area contributed by atoms with Crippen LogP contribution >= 0.6 is 11.6 Å². The summed E-state index contributed by atoms with van der Waals surface area (Å²) in [5.74, 6) is 2.53. The Balaban J connectivity index is 0.000000176. The third-order valence-corrected chi connectivity index (χ3v) is 12.1. The molecule has 388 valence electrons. The molecule has 0 atom stereocenters. The lowest BCUT2D eigenvalue weighted by Gasteiger charge is -2.32. The number of alkyl halides is 4. The summed E-state index contributed by atoms with van der Waals surface area (Å²) in [5, 5.41) is 0.234. The number of pyridine rings is 2. The van der Waals surface area contributed by atoms with Crippen molar-refractivity contribution in [2.75, 3.05) is 145 Å². The summed E-state index contributed by atoms with van der Waals surface area (Å²) in [5.41, 5.74) is 4.36. The maximum Gasteiger partial charge on any atom is 0.496 e. The largest absolute Gasteiger partial charge is 0.496 e. The number of nitrogens with zero attached hydrogens (tertiary/aromatic N) is 14. The van der Waals surface area contributed by atoms with Gasteiger partial charge in [-0.3, -0.25) is 0 Å². The average molecular weight is 1020 g/mol. The molecule has 4 aromatic heterocycles. The van der Waals surface area contributed by atoms with Crippen molar-refractivity contribution in [1.29, 1.82) is 0 Å². The first kappa shape index (κ1) is 54.9. The lowest BCUT2D eigenvalue weighted by Crippen LogP contribution is -2.41. The zero-order chi connectivity index (χ0) is 50.0. The van der Waals surface area contributed by atoms with Gasteiger partial charge in [-0.05, 0) is 51.4 Å². The summed E-state index contributed by atoms with van der Waals surface area (Å²) in [7, 11) is 2.70. The second-order valence-electron chi connectivity index (χ2n) is 17.6. The molecule has 27 heteroatoms. The first-order valence-corrected chi connectivity index (χ1v) is 23.2. The van der Waals surface area contributed by atoms with Gasteiger partial charge in [-0.25, -0.2) is 32.5 Å². The van der Waals surface area contributed by atoms with Crippen molar-refractivity contribution in [1.82, 2.24) is 44.8 Å². The number of rotatable bonds is 10. The molecule has 9 heterocycles. The number of hydrogen-bond acceptors (Lipinski definition) is 20. The molecule has 0 radical (unpaired) electrons. The number of hydrogen-bond donors (Lipinski definition) is 1. The highest BCUT2D eigenvalue weighted by Crippen LogP contribution is 2.38. The van der Waals surface area contributed by atoms with Crippen molar-refractivity contribution in [3.63, 3.8) is 0 Å². The van der Waals surface area contributed by atoms with Gasteiger partial charge in [0, 0.05) is 101 Å². The summed E-state index contributed by atoms with van der Waals surface area (Å²) in [6.07, 6.45) is -1.24. The van der Waals surface area contributed by atoms with Crippen molar-refractivity contribution in [3.8, 4) is 11.4 Å². The first-order chi connectivity index (χ1) is 33.5. The Hall–Kier alpha value is -5.38. The van der Waals surface area contributed by atoms with Gasteiger partial charge in [0.2, 0.25) is 29.1 Å². The molecular weight excluding hydrogens is 957 g/mol. The van der Waals surface area contributed by atoms with E-state index in [0.717, 1.165) is 32.2 Å². The highest BCUT2D eigenvalue weighted by molar-refractivity contribution is 6.62. The van der Waals surface area contributed by atoms with Crippen LogP contribution in [-0.2, 0) is 28.3 Å². The van der Waals surface area contributed by atoms with E-state index in [1.807, 2.05) is 37.5 Å². The number of anilines is 5. The van der Waals surface area contributed by atoms with Crippen LogP contribution in [0.25, 0.3) is 11.4 Å². The summed E-state index contributed by atoms with van der Waals surface area (Å²) in [6, 6.07) is 2.43. The summed E-state index contributed by atoms with van der Waals surface area (Å²) < 4.78 is 87.2. The minimum Gasteiger partial charge on any atom is -0.399 e. The third kappa shape index (κ3) is 14.4. The second-order valence-corrected chi connectivity index (χ2v) is 18.0. The molecule has 0 amide bonds. The van der Waals surface area contributed by atoms with Crippen LogP contribution in [0.5, 0.6) is 0 Å². The standard InChI is InChI=1S/C17H21F2N7O2.C15H22BF2N3O2.C11H16ClN5O2.CH4/c18-14(19)11-9-13(20)21-10-12(11)15-22-16(25-1-5-27-6-2-25)24-17(23-15)26-3-7-28-8-4-26;1-14(2)15(3,4)23-16(22-14)11-8-19-12(20-9-21(5)6)7-10(11)13(17)18;12-9-13-10(16-1-5-18-6-2-16)15-11(14-9)17-3-7-19-8-4-17;/h9-10,14H,1-8H2,(H2,20,21);7-9,13H,1-6H3;1-8H2;1H4. The Morgan fingerprint density at radius 3 is 1.44 bits per heavy atom. The summed E-state index contributed by atoms with van der Waals surface area (Å²) in [6.45, 7) is 18.1. The highest BCUT2D eigenvalue weighted by atomic mass is 35.5. The van der Waals surface area contributed by atoms with Gasteiger partial charge in [0.25, 0.3) is 12.9 Å². The lowest BCUT2D eigenvalue weighted by atomic mass is 9.77. The monoisotopic (exact) mass is 1020 g/mol. The van der Waals surface area contributed by atoms with E-state index in [1.165, 1.54) is 24.8 Å². The van der Waals surface area contributed by atoms with Crippen LogP contribution in [0, 0.1) is 0 Å². The smallest absolute Gasteiger partial charge is 0.399 e. The number of ether oxygens (including phenoxy) is 4. The minimum absolute atomic E-state index is 0. The molecule has 4 aromatic rings. The van der Waals surface area contributed by atoms with Crippen LogP contribution in [0.3, 0.4) is 0 Å². The van der Waals surface area contributed by atoms with Gasteiger partial charge < -0.3 is 58.5 Å². The Bertz CT molecular complexity index is 2290. The van der Waals surface area contributed by atoms with Gasteiger partial charge in [-0.15, -0.1) is 0 Å². The summed E-state index contributed by atoms with van der Waals surface area (Å²) in [4.78, 5) is 48.3. The van der Waals surface area contributed by atoms with E-state index in [0.29, 0.717) is 103 Å². The van der Waals surface area contributed by atoms with Crippen LogP contribution < -0.4 is 30.8 Å². The van der Waals surface area contributed by atoms with Gasteiger partial charge in [0.15, 0.2) is 11.6 Å². The lowest BCUT2D eigenvalue weighted by molar-refractivity contribution is 0.00578.